The number of amides is 1. The third kappa shape index (κ3) is 4.38. The Morgan fingerprint density at radius 3 is 2.52 bits per heavy atom. The van der Waals surface area contributed by atoms with Crippen LogP contribution in [0.1, 0.15) is 15.9 Å². The molecule has 0 saturated carbocycles. The predicted octanol–water partition coefficient (Wildman–Crippen LogP) is 4.03. The molecule has 2 aromatic carbocycles. The van der Waals surface area contributed by atoms with E-state index in [0.717, 1.165) is 5.56 Å². The van der Waals surface area contributed by atoms with Gasteiger partial charge >= 0.3 is 0 Å². The fraction of sp³-hybridized carbons (Fsp3) is 0.0526. The van der Waals surface area contributed by atoms with Crippen molar-refractivity contribution in [3.05, 3.63) is 89.8 Å². The van der Waals surface area contributed by atoms with Crippen molar-refractivity contribution in [3.8, 4) is 0 Å². The van der Waals surface area contributed by atoms with E-state index in [0.29, 0.717) is 16.9 Å². The summed E-state index contributed by atoms with van der Waals surface area (Å²) in [6, 6.07) is 13.7. The predicted molar refractivity (Wildman–Crippen MR) is 91.5 cm³/mol. The van der Waals surface area contributed by atoms with Gasteiger partial charge in [0, 0.05) is 12.7 Å². The third-order valence-electron chi connectivity index (χ3n) is 3.52. The van der Waals surface area contributed by atoms with Crippen LogP contribution in [0.3, 0.4) is 0 Å². The summed E-state index contributed by atoms with van der Waals surface area (Å²) < 4.78 is 26.6. The fourth-order valence-corrected chi connectivity index (χ4v) is 2.24. The van der Waals surface area contributed by atoms with E-state index < -0.39 is 5.82 Å². The summed E-state index contributed by atoms with van der Waals surface area (Å²) in [5.74, 6) is -1.05. The zero-order chi connectivity index (χ0) is 17.6. The molecular weight excluding hydrogens is 324 g/mol. The number of aromatic nitrogens is 1. The van der Waals surface area contributed by atoms with Crippen LogP contribution in [0, 0.1) is 11.6 Å². The summed E-state index contributed by atoms with van der Waals surface area (Å²) >= 11 is 0. The largest absolute Gasteiger partial charge is 0.352 e. The first-order chi connectivity index (χ1) is 12.1. The highest BCUT2D eigenvalue weighted by molar-refractivity contribution is 5.94. The Labute approximate surface area is 143 Å². The average Bonchev–Trinajstić information content (AvgIpc) is 2.63. The van der Waals surface area contributed by atoms with Gasteiger partial charge in [-0.1, -0.05) is 24.3 Å². The maximum Gasteiger partial charge on any atom is 0.253 e. The lowest BCUT2D eigenvalue weighted by molar-refractivity contribution is 0.0950. The van der Waals surface area contributed by atoms with E-state index in [1.807, 2.05) is 0 Å². The molecule has 4 nitrogen and oxygen atoms in total. The molecule has 0 saturated heterocycles. The summed E-state index contributed by atoms with van der Waals surface area (Å²) in [7, 11) is 0. The average molecular weight is 339 g/mol. The first-order valence-corrected chi connectivity index (χ1v) is 7.61. The zero-order valence-electron chi connectivity index (χ0n) is 13.2. The minimum atomic E-state index is -0.395. The van der Waals surface area contributed by atoms with Gasteiger partial charge in [0.2, 0.25) is 0 Å². The van der Waals surface area contributed by atoms with Gasteiger partial charge in [-0.15, -0.1) is 0 Å². The maximum absolute atomic E-state index is 13.7. The van der Waals surface area contributed by atoms with Crippen LogP contribution in [-0.2, 0) is 6.54 Å². The number of benzene rings is 2. The molecule has 0 aliphatic heterocycles. The van der Waals surface area contributed by atoms with Gasteiger partial charge < -0.3 is 10.6 Å². The Morgan fingerprint density at radius 2 is 1.76 bits per heavy atom. The van der Waals surface area contributed by atoms with Crippen LogP contribution in [0.25, 0.3) is 0 Å². The number of nitrogens with one attached hydrogen (secondary N) is 2. The van der Waals surface area contributed by atoms with Gasteiger partial charge in [0.05, 0.1) is 23.1 Å². The monoisotopic (exact) mass is 339 g/mol. The minimum absolute atomic E-state index is 0.268. The molecule has 3 aromatic rings. The van der Waals surface area contributed by atoms with Crippen molar-refractivity contribution >= 4 is 17.3 Å². The van der Waals surface area contributed by atoms with E-state index in [1.165, 1.54) is 30.6 Å². The smallest absolute Gasteiger partial charge is 0.253 e. The van der Waals surface area contributed by atoms with Gasteiger partial charge in [0.15, 0.2) is 0 Å². The number of hydrogen-bond donors (Lipinski definition) is 2. The second-order valence-corrected chi connectivity index (χ2v) is 5.38. The van der Waals surface area contributed by atoms with Gasteiger partial charge in [-0.3, -0.25) is 9.78 Å². The first kappa shape index (κ1) is 16.6. The molecular formula is C19H15F2N3O. The number of nitrogens with zero attached hydrogens (tertiary/aromatic N) is 1. The van der Waals surface area contributed by atoms with E-state index in [9.17, 15) is 13.6 Å². The molecule has 0 unspecified atom stereocenters. The van der Waals surface area contributed by atoms with Crippen LogP contribution in [0.2, 0.25) is 0 Å². The molecule has 3 rings (SSSR count). The number of carbonyl (C=O) groups excluding carboxylic acids is 1. The molecule has 126 valence electrons. The van der Waals surface area contributed by atoms with Crippen LogP contribution in [-0.4, -0.2) is 10.9 Å². The molecule has 0 spiro atoms. The van der Waals surface area contributed by atoms with Gasteiger partial charge in [-0.2, -0.15) is 0 Å². The van der Waals surface area contributed by atoms with Crippen molar-refractivity contribution in [1.82, 2.24) is 10.3 Å². The Balaban J connectivity index is 1.67. The Kier molecular flexibility index (Phi) is 4.99. The van der Waals surface area contributed by atoms with Crippen LogP contribution in [0.4, 0.5) is 20.2 Å². The van der Waals surface area contributed by atoms with Crippen LogP contribution >= 0.6 is 0 Å². The highest BCUT2D eigenvalue weighted by Crippen LogP contribution is 2.19. The maximum atomic E-state index is 13.7. The van der Waals surface area contributed by atoms with Crippen LogP contribution in [0.5, 0.6) is 0 Å². The third-order valence-corrected chi connectivity index (χ3v) is 3.52. The van der Waals surface area contributed by atoms with Gasteiger partial charge in [0.25, 0.3) is 5.91 Å². The van der Waals surface area contributed by atoms with E-state index in [4.69, 9.17) is 0 Å². The molecule has 1 heterocycles. The number of carbonyl (C=O) groups is 1. The lowest BCUT2D eigenvalue weighted by atomic mass is 10.2. The topological polar surface area (TPSA) is 54.0 Å². The number of para-hydroxylation sites is 1. The standard InChI is InChI=1S/C19H15F2N3O/c20-15-7-5-13(6-8-15)10-23-19(25)14-9-16(12-22-11-14)24-18-4-2-1-3-17(18)21/h1-9,11-12,24H,10H2,(H,23,25). The molecule has 0 radical (unpaired) electrons. The molecule has 1 aromatic heterocycles. The molecule has 6 heteroatoms. The summed E-state index contributed by atoms with van der Waals surface area (Å²) in [5.41, 5.74) is 1.92. The van der Waals surface area contributed by atoms with Crippen molar-refractivity contribution < 1.29 is 13.6 Å². The highest BCUT2D eigenvalue weighted by Gasteiger charge is 2.08. The Bertz CT molecular complexity index is 882. The Morgan fingerprint density at radius 1 is 1.00 bits per heavy atom. The quantitative estimate of drug-likeness (QED) is 0.738. The van der Waals surface area contributed by atoms with Crippen molar-refractivity contribution in [3.63, 3.8) is 0 Å². The second kappa shape index (κ2) is 7.53. The normalized spacial score (nSPS) is 10.3. The lowest BCUT2D eigenvalue weighted by Crippen LogP contribution is -2.23. The molecule has 0 aliphatic rings. The highest BCUT2D eigenvalue weighted by atomic mass is 19.1. The van der Waals surface area contributed by atoms with Gasteiger partial charge in [0.1, 0.15) is 11.6 Å². The molecule has 0 fully saturated rings. The van der Waals surface area contributed by atoms with Crippen molar-refractivity contribution in [1.29, 1.82) is 0 Å². The van der Waals surface area contributed by atoms with E-state index in [-0.39, 0.29) is 18.3 Å². The van der Waals surface area contributed by atoms with Crippen molar-refractivity contribution in [2.75, 3.05) is 5.32 Å². The zero-order valence-corrected chi connectivity index (χ0v) is 13.2. The molecule has 1 amide bonds. The number of hydrogen-bond acceptors (Lipinski definition) is 3. The lowest BCUT2D eigenvalue weighted by Gasteiger charge is -2.09. The van der Waals surface area contributed by atoms with E-state index in [2.05, 4.69) is 15.6 Å². The molecule has 25 heavy (non-hydrogen) atoms. The van der Waals surface area contributed by atoms with Gasteiger partial charge in [-0.05, 0) is 35.9 Å². The molecule has 0 atom stereocenters. The fourth-order valence-electron chi connectivity index (χ4n) is 2.24. The summed E-state index contributed by atoms with van der Waals surface area (Å²) in [6.45, 7) is 0.268. The minimum Gasteiger partial charge on any atom is -0.352 e. The summed E-state index contributed by atoms with van der Waals surface area (Å²) in [5, 5.41) is 5.62. The van der Waals surface area contributed by atoms with Crippen LogP contribution < -0.4 is 10.6 Å². The number of halogens is 2. The number of anilines is 2. The van der Waals surface area contributed by atoms with E-state index >= 15 is 0 Å². The van der Waals surface area contributed by atoms with Crippen LogP contribution in [0.15, 0.2) is 67.0 Å². The number of pyridine rings is 1. The molecule has 0 bridgehead atoms. The van der Waals surface area contributed by atoms with Crippen molar-refractivity contribution in [2.45, 2.75) is 6.54 Å². The van der Waals surface area contributed by atoms with E-state index in [1.54, 1.807) is 36.4 Å². The van der Waals surface area contributed by atoms with Gasteiger partial charge in [-0.25, -0.2) is 8.78 Å². The number of rotatable bonds is 5. The molecule has 0 aliphatic carbocycles. The summed E-state index contributed by atoms with van der Waals surface area (Å²) in [6.07, 6.45) is 2.93. The second-order valence-electron chi connectivity index (χ2n) is 5.38. The van der Waals surface area contributed by atoms with Crippen molar-refractivity contribution in [2.24, 2.45) is 0 Å². The summed E-state index contributed by atoms with van der Waals surface area (Å²) in [4.78, 5) is 16.2. The molecule has 2 N–H and O–H groups in total. The SMILES string of the molecule is O=C(NCc1ccc(F)cc1)c1cncc(Nc2ccccc2F)c1. The Hall–Kier alpha value is -3.28. The first-order valence-electron chi connectivity index (χ1n) is 7.61.